The molecule has 1 amide bonds. The summed E-state index contributed by atoms with van der Waals surface area (Å²) < 4.78 is 17.1. The van der Waals surface area contributed by atoms with Crippen LogP contribution >= 0.6 is 23.7 Å². The minimum Gasteiger partial charge on any atom is -0.495 e. The lowest BCUT2D eigenvalue weighted by Crippen LogP contribution is -2.37. The second-order valence-electron chi connectivity index (χ2n) is 8.46. The highest BCUT2D eigenvalue weighted by atomic mass is 35.5. The first-order valence-electron chi connectivity index (χ1n) is 11.4. The van der Waals surface area contributed by atoms with E-state index in [-0.39, 0.29) is 29.6 Å². The number of amides is 1. The van der Waals surface area contributed by atoms with Crippen molar-refractivity contribution in [2.75, 3.05) is 77.5 Å². The van der Waals surface area contributed by atoms with Crippen molar-refractivity contribution in [3.05, 3.63) is 46.0 Å². The third-order valence-corrected chi connectivity index (χ3v) is 7.01. The number of hydrogen-bond donors (Lipinski definition) is 0. The lowest BCUT2D eigenvalue weighted by atomic mass is 10.1. The lowest BCUT2D eigenvalue weighted by molar-refractivity contribution is -0.384. The Morgan fingerprint density at radius 3 is 2.43 bits per heavy atom. The number of halogens is 1. The molecule has 1 fully saturated rings. The van der Waals surface area contributed by atoms with Gasteiger partial charge in [-0.2, -0.15) is 0 Å². The van der Waals surface area contributed by atoms with Gasteiger partial charge in [-0.25, -0.2) is 4.98 Å². The summed E-state index contributed by atoms with van der Waals surface area (Å²) in [6.07, 6.45) is 0. The zero-order valence-corrected chi connectivity index (χ0v) is 22.8. The maximum Gasteiger partial charge on any atom is 0.293 e. The van der Waals surface area contributed by atoms with Gasteiger partial charge in [0.15, 0.2) is 5.13 Å². The molecule has 200 valence electrons. The number of fused-ring (bicyclic) bond motifs is 1. The third-order valence-electron chi connectivity index (χ3n) is 5.92. The van der Waals surface area contributed by atoms with Crippen LogP contribution in [0.4, 0.5) is 16.5 Å². The van der Waals surface area contributed by atoms with Crippen molar-refractivity contribution >= 4 is 56.4 Å². The van der Waals surface area contributed by atoms with Crippen molar-refractivity contribution < 1.29 is 23.9 Å². The number of rotatable bonds is 9. The van der Waals surface area contributed by atoms with Crippen LogP contribution in [0.2, 0.25) is 0 Å². The topological polar surface area (TPSA) is 111 Å². The van der Waals surface area contributed by atoms with Gasteiger partial charge in [0.2, 0.25) is 0 Å². The van der Waals surface area contributed by atoms with E-state index in [1.54, 1.807) is 43.4 Å². The van der Waals surface area contributed by atoms with Gasteiger partial charge in [-0.3, -0.25) is 19.8 Å². The number of aromatic nitrogens is 1. The fourth-order valence-electron chi connectivity index (χ4n) is 4.00. The number of nitro benzene ring substituents is 1. The molecule has 11 nitrogen and oxygen atoms in total. The number of ether oxygens (including phenoxy) is 3. The standard InChI is InChI=1S/C24H29N5O6S.ClH/c1-26(2)9-10-28(24-25-21-19(33-3)7-8-20(34-4)22(21)36-24)23(30)16-5-6-17(18(15-16)29(31)32)27-11-13-35-14-12-27;/h5-8,15H,9-14H2,1-4H3;1H. The monoisotopic (exact) mass is 551 g/mol. The van der Waals surface area contributed by atoms with E-state index in [1.807, 2.05) is 23.9 Å². The van der Waals surface area contributed by atoms with Crippen molar-refractivity contribution in [2.45, 2.75) is 0 Å². The van der Waals surface area contributed by atoms with Crippen LogP contribution in [0, 0.1) is 10.1 Å². The smallest absolute Gasteiger partial charge is 0.293 e. The molecule has 1 aliphatic rings. The van der Waals surface area contributed by atoms with Crippen LogP contribution in [-0.2, 0) is 4.74 Å². The number of likely N-dealkylation sites (N-methyl/N-ethyl adjacent to an activating group) is 1. The Morgan fingerprint density at radius 2 is 1.81 bits per heavy atom. The molecular weight excluding hydrogens is 522 g/mol. The van der Waals surface area contributed by atoms with Gasteiger partial charge in [0.05, 0.1) is 32.4 Å². The molecule has 37 heavy (non-hydrogen) atoms. The zero-order valence-electron chi connectivity index (χ0n) is 21.1. The highest BCUT2D eigenvalue weighted by molar-refractivity contribution is 7.22. The maximum atomic E-state index is 13.8. The van der Waals surface area contributed by atoms with Crippen LogP contribution in [0.25, 0.3) is 10.2 Å². The average molecular weight is 552 g/mol. The summed E-state index contributed by atoms with van der Waals surface area (Å²) in [6, 6.07) is 8.19. The SMILES string of the molecule is COc1ccc(OC)c2sc(N(CCN(C)C)C(=O)c3ccc(N4CCOCC4)c([N+](=O)[O-])c3)nc12.Cl. The van der Waals surface area contributed by atoms with Gasteiger partial charge in [-0.15, -0.1) is 12.4 Å². The number of nitrogens with zero attached hydrogens (tertiary/aromatic N) is 5. The molecule has 0 spiro atoms. The van der Waals surface area contributed by atoms with Gasteiger partial charge in [0.1, 0.15) is 27.4 Å². The molecule has 0 saturated carbocycles. The van der Waals surface area contributed by atoms with Gasteiger partial charge in [-0.1, -0.05) is 11.3 Å². The van der Waals surface area contributed by atoms with E-state index in [1.165, 1.54) is 17.4 Å². The van der Waals surface area contributed by atoms with Crippen LogP contribution in [0.3, 0.4) is 0 Å². The number of hydrogen-bond acceptors (Lipinski definition) is 10. The molecule has 0 atom stereocenters. The normalized spacial score (nSPS) is 13.4. The van der Waals surface area contributed by atoms with E-state index in [0.717, 1.165) is 4.70 Å². The Morgan fingerprint density at radius 1 is 1.14 bits per heavy atom. The van der Waals surface area contributed by atoms with Crippen molar-refractivity contribution in [3.63, 3.8) is 0 Å². The van der Waals surface area contributed by atoms with E-state index < -0.39 is 4.92 Å². The van der Waals surface area contributed by atoms with Crippen LogP contribution in [-0.4, -0.2) is 88.4 Å². The number of carbonyl (C=O) groups excluding carboxylic acids is 1. The molecule has 0 unspecified atom stereocenters. The molecule has 0 bridgehead atoms. The lowest BCUT2D eigenvalue weighted by Gasteiger charge is -2.28. The molecule has 2 heterocycles. The Balaban J connectivity index is 0.00000380. The van der Waals surface area contributed by atoms with Crippen molar-refractivity contribution in [2.24, 2.45) is 0 Å². The summed E-state index contributed by atoms with van der Waals surface area (Å²) in [5.41, 5.74) is 1.18. The summed E-state index contributed by atoms with van der Waals surface area (Å²) in [4.78, 5) is 35.4. The van der Waals surface area contributed by atoms with Crippen molar-refractivity contribution in [1.82, 2.24) is 9.88 Å². The summed E-state index contributed by atoms with van der Waals surface area (Å²) in [5, 5.41) is 12.4. The van der Waals surface area contributed by atoms with Gasteiger partial charge in [0, 0.05) is 37.8 Å². The van der Waals surface area contributed by atoms with E-state index in [0.29, 0.717) is 67.2 Å². The first-order chi connectivity index (χ1) is 17.3. The minimum absolute atomic E-state index is 0. The van der Waals surface area contributed by atoms with Crippen LogP contribution in [0.1, 0.15) is 10.4 Å². The summed E-state index contributed by atoms with van der Waals surface area (Å²) >= 11 is 1.31. The molecule has 13 heteroatoms. The number of morpholine rings is 1. The number of carbonyl (C=O) groups is 1. The Bertz CT molecular complexity index is 1220. The molecule has 3 aromatic rings. The number of nitro groups is 1. The highest BCUT2D eigenvalue weighted by Gasteiger charge is 2.28. The molecule has 1 aromatic heterocycles. The second-order valence-corrected chi connectivity index (χ2v) is 9.44. The quantitative estimate of drug-likeness (QED) is 0.290. The largest absolute Gasteiger partial charge is 0.495 e. The van der Waals surface area contributed by atoms with Gasteiger partial charge < -0.3 is 24.0 Å². The predicted octanol–water partition coefficient (Wildman–Crippen LogP) is 3.69. The molecule has 1 saturated heterocycles. The Labute approximate surface area is 225 Å². The molecule has 2 aromatic carbocycles. The summed E-state index contributed by atoms with van der Waals surface area (Å²) in [7, 11) is 6.96. The van der Waals surface area contributed by atoms with Crippen molar-refractivity contribution in [1.29, 1.82) is 0 Å². The molecule has 0 N–H and O–H groups in total. The third kappa shape index (κ3) is 6.04. The number of methoxy groups -OCH3 is 2. The van der Waals surface area contributed by atoms with E-state index in [4.69, 9.17) is 19.2 Å². The molecular formula is C24H30ClN5O6S. The average Bonchev–Trinajstić information content (AvgIpc) is 3.33. The fourth-order valence-corrected chi connectivity index (χ4v) is 5.10. The molecule has 0 radical (unpaired) electrons. The van der Waals surface area contributed by atoms with Crippen molar-refractivity contribution in [3.8, 4) is 11.5 Å². The number of anilines is 2. The Kier molecular flexibility index (Phi) is 9.49. The van der Waals surface area contributed by atoms with Gasteiger partial charge in [0.25, 0.3) is 11.6 Å². The molecule has 4 rings (SSSR count). The first-order valence-corrected chi connectivity index (χ1v) is 12.2. The second kappa shape index (κ2) is 12.4. The van der Waals surface area contributed by atoms with E-state index in [2.05, 4.69) is 0 Å². The Hall–Kier alpha value is -3.19. The van der Waals surface area contributed by atoms with Crippen LogP contribution in [0.5, 0.6) is 11.5 Å². The van der Waals surface area contributed by atoms with Gasteiger partial charge >= 0.3 is 0 Å². The maximum absolute atomic E-state index is 13.8. The molecule has 1 aliphatic heterocycles. The summed E-state index contributed by atoms with van der Waals surface area (Å²) in [6.45, 7) is 3.03. The first kappa shape index (κ1) is 28.4. The minimum atomic E-state index is -0.445. The predicted molar refractivity (Wildman–Crippen MR) is 146 cm³/mol. The zero-order chi connectivity index (χ0) is 25.8. The number of thiazole rings is 1. The van der Waals surface area contributed by atoms with E-state index >= 15 is 0 Å². The van der Waals surface area contributed by atoms with Gasteiger partial charge in [-0.05, 0) is 38.4 Å². The molecule has 0 aliphatic carbocycles. The summed E-state index contributed by atoms with van der Waals surface area (Å²) in [5.74, 6) is 0.823. The number of benzene rings is 2. The van der Waals surface area contributed by atoms with E-state index in [9.17, 15) is 14.9 Å². The fraction of sp³-hybridized carbons (Fsp3) is 0.417. The highest BCUT2D eigenvalue weighted by Crippen LogP contribution is 2.40. The van der Waals surface area contributed by atoms with Crippen LogP contribution in [0.15, 0.2) is 30.3 Å². The van der Waals surface area contributed by atoms with Crippen LogP contribution < -0.4 is 19.3 Å².